The zero-order chi connectivity index (χ0) is 18.6. The lowest BCUT2D eigenvalue weighted by Crippen LogP contribution is -2.21. The van der Waals surface area contributed by atoms with E-state index < -0.39 is 10.0 Å². The van der Waals surface area contributed by atoms with Gasteiger partial charge in [-0.15, -0.1) is 0 Å². The molecule has 134 valence electrons. The molecule has 0 aromatic heterocycles. The first-order valence-corrected chi connectivity index (χ1v) is 9.78. The number of carbonyl (C=O) groups is 1. The first-order chi connectivity index (χ1) is 11.8. The summed E-state index contributed by atoms with van der Waals surface area (Å²) in [5, 5.41) is 2.53. The number of sulfonamides is 1. The molecule has 0 bridgehead atoms. The maximum atomic E-state index is 12.9. The lowest BCUT2D eigenvalue weighted by atomic mass is 10.0. The zero-order valence-corrected chi connectivity index (χ0v) is 15.8. The molecular formula is C19H24N2O3S. The number of benzene rings is 2. The molecule has 5 nitrogen and oxygen atoms in total. The highest BCUT2D eigenvalue weighted by atomic mass is 32.2. The minimum Gasteiger partial charge on any atom is -0.355 e. The van der Waals surface area contributed by atoms with Crippen LogP contribution in [0.15, 0.2) is 41.3 Å². The Morgan fingerprint density at radius 1 is 1.04 bits per heavy atom. The lowest BCUT2D eigenvalue weighted by molar-refractivity contribution is 0.0962. The van der Waals surface area contributed by atoms with Gasteiger partial charge in [-0.05, 0) is 48.6 Å². The van der Waals surface area contributed by atoms with Crippen molar-refractivity contribution in [2.75, 3.05) is 11.8 Å². The van der Waals surface area contributed by atoms with E-state index in [9.17, 15) is 13.2 Å². The summed E-state index contributed by atoms with van der Waals surface area (Å²) in [6.45, 7) is 5.75. The number of amides is 1. The average molecular weight is 360 g/mol. The standard InChI is InChI=1S/C19H24N2O3S/c1-5-14-8-7-9-15(6-2)18(14)21-25(23,24)16-11-10-13(3)17(12-16)19(22)20-4/h7-12,21H,5-6H2,1-4H3,(H,20,22). The van der Waals surface area contributed by atoms with Crippen molar-refractivity contribution in [1.82, 2.24) is 5.32 Å². The molecule has 2 rings (SSSR count). The Labute approximate surface area is 149 Å². The Morgan fingerprint density at radius 2 is 1.64 bits per heavy atom. The Hall–Kier alpha value is -2.34. The molecule has 0 fully saturated rings. The van der Waals surface area contributed by atoms with E-state index in [0.29, 0.717) is 11.3 Å². The van der Waals surface area contributed by atoms with Crippen molar-refractivity contribution in [3.63, 3.8) is 0 Å². The monoisotopic (exact) mass is 360 g/mol. The fourth-order valence-electron chi connectivity index (χ4n) is 2.71. The second-order valence-electron chi connectivity index (χ2n) is 5.82. The van der Waals surface area contributed by atoms with E-state index in [4.69, 9.17) is 0 Å². The number of carbonyl (C=O) groups excluding carboxylic acids is 1. The van der Waals surface area contributed by atoms with Gasteiger partial charge in [-0.25, -0.2) is 8.42 Å². The van der Waals surface area contributed by atoms with Crippen LogP contribution in [0, 0.1) is 6.92 Å². The van der Waals surface area contributed by atoms with Gasteiger partial charge in [0.1, 0.15) is 0 Å². The molecule has 0 atom stereocenters. The number of para-hydroxylation sites is 1. The van der Waals surface area contributed by atoms with E-state index in [1.807, 2.05) is 32.0 Å². The van der Waals surface area contributed by atoms with Crippen LogP contribution >= 0.6 is 0 Å². The fourth-order valence-corrected chi connectivity index (χ4v) is 3.88. The predicted octanol–water partition coefficient (Wildman–Crippen LogP) is 3.28. The molecule has 6 heteroatoms. The van der Waals surface area contributed by atoms with E-state index in [1.54, 1.807) is 13.0 Å². The summed E-state index contributed by atoms with van der Waals surface area (Å²) in [5.74, 6) is -0.308. The molecule has 2 N–H and O–H groups in total. The minimum absolute atomic E-state index is 0.0738. The first-order valence-electron chi connectivity index (χ1n) is 8.30. The molecule has 0 aliphatic rings. The molecule has 0 heterocycles. The van der Waals surface area contributed by atoms with Crippen LogP contribution in [0.5, 0.6) is 0 Å². The summed E-state index contributed by atoms with van der Waals surface area (Å²) in [7, 11) is -2.27. The number of aryl methyl sites for hydroxylation is 3. The number of hydrogen-bond acceptors (Lipinski definition) is 3. The SMILES string of the molecule is CCc1cccc(CC)c1NS(=O)(=O)c1ccc(C)c(C(=O)NC)c1. The molecule has 2 aromatic carbocycles. The van der Waals surface area contributed by atoms with Crippen LogP contribution in [0.1, 0.15) is 40.9 Å². The maximum absolute atomic E-state index is 12.9. The average Bonchev–Trinajstić information content (AvgIpc) is 2.61. The summed E-state index contributed by atoms with van der Waals surface area (Å²) in [6.07, 6.45) is 1.45. The normalized spacial score (nSPS) is 11.2. The zero-order valence-electron chi connectivity index (χ0n) is 15.0. The predicted molar refractivity (Wildman–Crippen MR) is 101 cm³/mol. The third kappa shape index (κ3) is 4.02. The Bertz CT molecular complexity index is 867. The van der Waals surface area contributed by atoms with Gasteiger partial charge in [0.15, 0.2) is 0 Å². The van der Waals surface area contributed by atoms with Crippen LogP contribution in [0.25, 0.3) is 0 Å². The van der Waals surface area contributed by atoms with Crippen molar-refractivity contribution in [2.45, 2.75) is 38.5 Å². The number of hydrogen-bond donors (Lipinski definition) is 2. The summed E-state index contributed by atoms with van der Waals surface area (Å²) in [4.78, 5) is 12.0. The largest absolute Gasteiger partial charge is 0.355 e. The molecule has 0 saturated carbocycles. The van der Waals surface area contributed by atoms with Gasteiger partial charge in [0, 0.05) is 12.6 Å². The van der Waals surface area contributed by atoms with Crippen LogP contribution in [-0.2, 0) is 22.9 Å². The van der Waals surface area contributed by atoms with Gasteiger partial charge >= 0.3 is 0 Å². The third-order valence-electron chi connectivity index (χ3n) is 4.23. The fraction of sp³-hybridized carbons (Fsp3) is 0.316. The van der Waals surface area contributed by atoms with Gasteiger partial charge in [-0.3, -0.25) is 9.52 Å². The second-order valence-corrected chi connectivity index (χ2v) is 7.50. The molecule has 0 aliphatic carbocycles. The lowest BCUT2D eigenvalue weighted by Gasteiger charge is -2.16. The van der Waals surface area contributed by atoms with E-state index in [0.717, 1.165) is 29.5 Å². The molecule has 0 aliphatic heterocycles. The second kappa shape index (κ2) is 7.70. The molecule has 2 aromatic rings. The molecule has 1 amide bonds. The number of anilines is 1. The summed E-state index contributed by atoms with van der Waals surface area (Å²) in [5.41, 5.74) is 3.60. The molecule has 0 saturated heterocycles. The van der Waals surface area contributed by atoms with Crippen LogP contribution in [0.3, 0.4) is 0 Å². The van der Waals surface area contributed by atoms with Crippen molar-refractivity contribution >= 4 is 21.6 Å². The highest BCUT2D eigenvalue weighted by molar-refractivity contribution is 7.92. The summed E-state index contributed by atoms with van der Waals surface area (Å²) < 4.78 is 28.5. The Kier molecular flexibility index (Phi) is 5.85. The highest BCUT2D eigenvalue weighted by Gasteiger charge is 2.20. The quantitative estimate of drug-likeness (QED) is 0.830. The highest BCUT2D eigenvalue weighted by Crippen LogP contribution is 2.26. The molecule has 25 heavy (non-hydrogen) atoms. The Balaban J connectivity index is 2.49. The van der Waals surface area contributed by atoms with E-state index in [2.05, 4.69) is 10.0 Å². The molecule has 0 radical (unpaired) electrons. The Morgan fingerprint density at radius 3 is 2.16 bits per heavy atom. The maximum Gasteiger partial charge on any atom is 0.261 e. The van der Waals surface area contributed by atoms with Crippen molar-refractivity contribution in [1.29, 1.82) is 0 Å². The van der Waals surface area contributed by atoms with Crippen molar-refractivity contribution in [3.05, 3.63) is 58.7 Å². The van der Waals surface area contributed by atoms with Crippen LogP contribution in [-0.4, -0.2) is 21.4 Å². The topological polar surface area (TPSA) is 75.3 Å². The number of nitrogens with one attached hydrogen (secondary N) is 2. The third-order valence-corrected chi connectivity index (χ3v) is 5.57. The van der Waals surface area contributed by atoms with E-state index in [1.165, 1.54) is 19.2 Å². The summed E-state index contributed by atoms with van der Waals surface area (Å²) >= 11 is 0. The first kappa shape index (κ1) is 19.0. The van der Waals surface area contributed by atoms with Gasteiger partial charge in [0.2, 0.25) is 0 Å². The van der Waals surface area contributed by atoms with Crippen LogP contribution in [0.4, 0.5) is 5.69 Å². The van der Waals surface area contributed by atoms with Gasteiger partial charge in [-0.1, -0.05) is 38.1 Å². The van der Waals surface area contributed by atoms with Crippen LogP contribution in [0.2, 0.25) is 0 Å². The van der Waals surface area contributed by atoms with Crippen LogP contribution < -0.4 is 10.0 Å². The minimum atomic E-state index is -3.79. The van der Waals surface area contributed by atoms with Gasteiger partial charge in [-0.2, -0.15) is 0 Å². The number of rotatable bonds is 6. The van der Waals surface area contributed by atoms with Gasteiger partial charge < -0.3 is 5.32 Å². The summed E-state index contributed by atoms with van der Waals surface area (Å²) in [6, 6.07) is 10.3. The molecule has 0 spiro atoms. The van der Waals surface area contributed by atoms with E-state index in [-0.39, 0.29) is 10.8 Å². The van der Waals surface area contributed by atoms with Gasteiger partial charge in [0.05, 0.1) is 10.6 Å². The van der Waals surface area contributed by atoms with Gasteiger partial charge in [0.25, 0.3) is 15.9 Å². The van der Waals surface area contributed by atoms with Crippen molar-refractivity contribution < 1.29 is 13.2 Å². The molecule has 0 unspecified atom stereocenters. The van der Waals surface area contributed by atoms with E-state index >= 15 is 0 Å². The molecular weight excluding hydrogens is 336 g/mol. The van der Waals surface area contributed by atoms with Crippen molar-refractivity contribution in [3.8, 4) is 0 Å². The van der Waals surface area contributed by atoms with Crippen molar-refractivity contribution in [2.24, 2.45) is 0 Å². The smallest absolute Gasteiger partial charge is 0.261 e.